The van der Waals surface area contributed by atoms with Crippen LogP contribution in [0.1, 0.15) is 316 Å². The summed E-state index contributed by atoms with van der Waals surface area (Å²) in [5, 5.41) is 0. The SMILES string of the molecule is CC/C=C\C/C=C\C/C=C\C/C=C\C/C=C\CCCCCCCCCCCCCCCCCC(=O)OCC(COC(=O)CCCCCCC/C=C\C/C=C\CCC)OC(=O)CCCCCCC/C=C\CCCCCCCC. The van der Waals surface area contributed by atoms with Crippen molar-refractivity contribution in [3.05, 3.63) is 97.2 Å². The predicted octanol–water partition coefficient (Wildman–Crippen LogP) is 22.4. The van der Waals surface area contributed by atoms with Crippen molar-refractivity contribution < 1.29 is 28.6 Å². The van der Waals surface area contributed by atoms with Gasteiger partial charge in [-0.05, 0) is 116 Å². The molecule has 0 fully saturated rings. The number of esters is 3. The molecule has 1 atom stereocenters. The molecule has 0 spiro atoms. The van der Waals surface area contributed by atoms with E-state index < -0.39 is 6.10 Å². The molecule has 0 aliphatic rings. The fourth-order valence-electron chi connectivity index (χ4n) is 9.15. The van der Waals surface area contributed by atoms with E-state index in [1.807, 2.05) is 0 Å². The van der Waals surface area contributed by atoms with Crippen LogP contribution < -0.4 is 0 Å². The highest BCUT2D eigenvalue weighted by Crippen LogP contribution is 2.16. The Balaban J connectivity index is 4.20. The van der Waals surface area contributed by atoms with Crippen LogP contribution >= 0.6 is 0 Å². The highest BCUT2D eigenvalue weighted by Gasteiger charge is 2.19. The summed E-state index contributed by atoms with van der Waals surface area (Å²) in [6, 6.07) is 0. The molecule has 0 radical (unpaired) electrons. The Kier molecular flexibility index (Phi) is 61.8. The van der Waals surface area contributed by atoms with Crippen LogP contribution in [-0.2, 0) is 28.6 Å². The molecular formula is C71H122O6. The number of allylic oxidation sites excluding steroid dienone is 16. The molecule has 0 aromatic carbocycles. The number of hydrogen-bond donors (Lipinski definition) is 0. The zero-order valence-electron chi connectivity index (χ0n) is 50.7. The first-order valence-electron chi connectivity index (χ1n) is 32.7. The van der Waals surface area contributed by atoms with Crippen molar-refractivity contribution in [2.45, 2.75) is 322 Å². The zero-order valence-corrected chi connectivity index (χ0v) is 50.7. The van der Waals surface area contributed by atoms with E-state index >= 15 is 0 Å². The van der Waals surface area contributed by atoms with Gasteiger partial charge in [-0.2, -0.15) is 0 Å². The standard InChI is InChI=1S/C71H122O6/c1-4-7-10-13-16-19-22-25-27-28-29-30-31-32-33-34-35-36-37-38-39-40-41-42-44-46-49-52-55-58-61-64-70(73)76-67-68(66-75-69(72)63-60-57-54-51-48-45-24-21-18-15-12-9-6-3)77-71(74)65-62-59-56-53-50-47-43-26-23-20-17-14-11-8-5-2/h7,10,12,15-16,19,21,24-27,29-30,32-33,43,68H,4-6,8-9,11,13-14,17-18,20,22-23,28,31,34-42,44-67H2,1-3H3/b10-7-,15-12-,19-16-,24-21-,27-25-,30-29-,33-32-,43-26-. The Morgan fingerprint density at radius 1 is 0.273 bits per heavy atom. The lowest BCUT2D eigenvalue weighted by molar-refractivity contribution is -0.167. The van der Waals surface area contributed by atoms with Gasteiger partial charge >= 0.3 is 17.9 Å². The van der Waals surface area contributed by atoms with Crippen LogP contribution in [0.3, 0.4) is 0 Å². The second-order valence-corrected chi connectivity index (χ2v) is 21.6. The van der Waals surface area contributed by atoms with Crippen LogP contribution in [0.4, 0.5) is 0 Å². The van der Waals surface area contributed by atoms with E-state index in [1.165, 1.54) is 148 Å². The van der Waals surface area contributed by atoms with Gasteiger partial charge in [0, 0.05) is 19.3 Å². The van der Waals surface area contributed by atoms with Gasteiger partial charge in [0.05, 0.1) is 0 Å². The molecule has 442 valence electrons. The second kappa shape index (κ2) is 64.9. The maximum Gasteiger partial charge on any atom is 0.306 e. The molecule has 0 heterocycles. The molecule has 0 rings (SSSR count). The Hall–Kier alpha value is -3.67. The molecule has 6 heteroatoms. The molecule has 6 nitrogen and oxygen atoms in total. The van der Waals surface area contributed by atoms with Crippen molar-refractivity contribution in [3.63, 3.8) is 0 Å². The van der Waals surface area contributed by atoms with E-state index in [-0.39, 0.29) is 31.1 Å². The van der Waals surface area contributed by atoms with Crippen LogP contribution in [0, 0.1) is 0 Å². The van der Waals surface area contributed by atoms with Gasteiger partial charge in [0.1, 0.15) is 13.2 Å². The van der Waals surface area contributed by atoms with Crippen LogP contribution in [0.25, 0.3) is 0 Å². The normalized spacial score (nSPS) is 12.7. The average Bonchev–Trinajstić information content (AvgIpc) is 3.43. The first-order valence-corrected chi connectivity index (χ1v) is 32.7. The quantitative estimate of drug-likeness (QED) is 0.0261. The molecule has 0 N–H and O–H groups in total. The minimum absolute atomic E-state index is 0.0832. The van der Waals surface area contributed by atoms with Crippen LogP contribution in [0.2, 0.25) is 0 Å². The fraction of sp³-hybridized carbons (Fsp3) is 0.732. The topological polar surface area (TPSA) is 78.9 Å². The zero-order chi connectivity index (χ0) is 55.7. The van der Waals surface area contributed by atoms with Crippen LogP contribution in [-0.4, -0.2) is 37.2 Å². The maximum atomic E-state index is 12.9. The van der Waals surface area contributed by atoms with Gasteiger partial charge in [0.25, 0.3) is 0 Å². The van der Waals surface area contributed by atoms with Crippen molar-refractivity contribution >= 4 is 17.9 Å². The summed E-state index contributed by atoms with van der Waals surface area (Å²) in [5.74, 6) is -0.896. The summed E-state index contributed by atoms with van der Waals surface area (Å²) in [5.41, 5.74) is 0. The number of hydrogen-bond acceptors (Lipinski definition) is 6. The van der Waals surface area contributed by atoms with Gasteiger partial charge in [-0.3, -0.25) is 14.4 Å². The molecule has 0 amide bonds. The molecule has 77 heavy (non-hydrogen) atoms. The minimum Gasteiger partial charge on any atom is -0.462 e. The third kappa shape index (κ3) is 63.0. The lowest BCUT2D eigenvalue weighted by Crippen LogP contribution is -2.30. The van der Waals surface area contributed by atoms with Gasteiger partial charge in [0.15, 0.2) is 6.10 Å². The van der Waals surface area contributed by atoms with Gasteiger partial charge in [-0.25, -0.2) is 0 Å². The summed E-state index contributed by atoms with van der Waals surface area (Å²) < 4.78 is 16.9. The fourth-order valence-corrected chi connectivity index (χ4v) is 9.15. The van der Waals surface area contributed by atoms with Crippen molar-refractivity contribution in [1.29, 1.82) is 0 Å². The summed E-state index contributed by atoms with van der Waals surface area (Å²) >= 11 is 0. The first kappa shape index (κ1) is 73.3. The van der Waals surface area contributed by atoms with Crippen molar-refractivity contribution in [2.75, 3.05) is 13.2 Å². The summed E-state index contributed by atoms with van der Waals surface area (Å²) in [6.45, 7) is 6.46. The molecule has 0 aromatic rings. The maximum absolute atomic E-state index is 12.9. The van der Waals surface area contributed by atoms with E-state index in [1.54, 1.807) is 0 Å². The summed E-state index contributed by atoms with van der Waals surface area (Å²) in [7, 11) is 0. The van der Waals surface area contributed by atoms with Gasteiger partial charge in [-0.1, -0.05) is 279 Å². The number of unbranched alkanes of at least 4 members (excludes halogenated alkanes) is 32. The Morgan fingerprint density at radius 2 is 0.532 bits per heavy atom. The second-order valence-electron chi connectivity index (χ2n) is 21.6. The molecule has 0 saturated carbocycles. The van der Waals surface area contributed by atoms with E-state index in [9.17, 15) is 14.4 Å². The molecule has 0 aliphatic carbocycles. The molecule has 0 bridgehead atoms. The monoisotopic (exact) mass is 1070 g/mol. The van der Waals surface area contributed by atoms with Gasteiger partial charge < -0.3 is 14.2 Å². The Morgan fingerprint density at radius 3 is 0.857 bits per heavy atom. The smallest absolute Gasteiger partial charge is 0.306 e. The van der Waals surface area contributed by atoms with Gasteiger partial charge in [-0.15, -0.1) is 0 Å². The van der Waals surface area contributed by atoms with Crippen LogP contribution in [0.15, 0.2) is 97.2 Å². The first-order chi connectivity index (χ1) is 38.0. The summed E-state index contributed by atoms with van der Waals surface area (Å²) in [4.78, 5) is 38.3. The van der Waals surface area contributed by atoms with E-state index in [0.717, 1.165) is 128 Å². The molecule has 0 saturated heterocycles. The molecule has 0 aliphatic heterocycles. The highest BCUT2D eigenvalue weighted by molar-refractivity contribution is 5.71. The highest BCUT2D eigenvalue weighted by atomic mass is 16.6. The van der Waals surface area contributed by atoms with Crippen molar-refractivity contribution in [3.8, 4) is 0 Å². The van der Waals surface area contributed by atoms with E-state index in [0.29, 0.717) is 19.3 Å². The number of ether oxygens (including phenoxy) is 3. The van der Waals surface area contributed by atoms with Crippen LogP contribution in [0.5, 0.6) is 0 Å². The van der Waals surface area contributed by atoms with Crippen molar-refractivity contribution in [2.24, 2.45) is 0 Å². The molecular weight excluding hydrogens is 949 g/mol. The Labute approximate surface area is 477 Å². The summed E-state index contributed by atoms with van der Waals surface area (Å²) in [6.07, 6.45) is 87.1. The third-order valence-electron chi connectivity index (χ3n) is 14.0. The number of carbonyl (C=O) groups excluding carboxylic acids is 3. The lowest BCUT2D eigenvalue weighted by atomic mass is 10.0. The average molecular weight is 1070 g/mol. The van der Waals surface area contributed by atoms with Crippen molar-refractivity contribution in [1.82, 2.24) is 0 Å². The van der Waals surface area contributed by atoms with Gasteiger partial charge in [0.2, 0.25) is 0 Å². The predicted molar refractivity (Wildman–Crippen MR) is 334 cm³/mol. The number of rotatable bonds is 59. The van der Waals surface area contributed by atoms with E-state index in [2.05, 4.69) is 118 Å². The van der Waals surface area contributed by atoms with E-state index in [4.69, 9.17) is 14.2 Å². The Bertz CT molecular complexity index is 1510. The molecule has 1 unspecified atom stereocenters. The largest absolute Gasteiger partial charge is 0.462 e. The number of carbonyl (C=O) groups is 3. The molecule has 0 aromatic heterocycles. The lowest BCUT2D eigenvalue weighted by Gasteiger charge is -2.18. The third-order valence-corrected chi connectivity index (χ3v) is 14.0. The minimum atomic E-state index is -0.787.